The van der Waals surface area contributed by atoms with Crippen molar-refractivity contribution in [2.24, 2.45) is 0 Å². The predicted octanol–water partition coefficient (Wildman–Crippen LogP) is 4.80. The zero-order valence-electron chi connectivity index (χ0n) is 14.9. The highest BCUT2D eigenvalue weighted by atomic mass is 35.5. The van der Waals surface area contributed by atoms with Gasteiger partial charge in [-0.15, -0.1) is 6.58 Å². The molecule has 0 spiro atoms. The molecule has 1 fully saturated rings. The van der Waals surface area contributed by atoms with Crippen molar-refractivity contribution in [1.82, 2.24) is 19.6 Å². The van der Waals surface area contributed by atoms with E-state index in [0.717, 1.165) is 37.8 Å². The van der Waals surface area contributed by atoms with Crippen molar-refractivity contribution in [2.75, 3.05) is 11.4 Å². The topological polar surface area (TPSA) is 46.3 Å². The van der Waals surface area contributed by atoms with Gasteiger partial charge in [-0.05, 0) is 25.0 Å². The van der Waals surface area contributed by atoms with Crippen molar-refractivity contribution in [3.05, 3.63) is 53.7 Å². The molecule has 9 heteroatoms. The molecule has 0 bridgehead atoms. The number of hydrogen-bond donors (Lipinski definition) is 0. The lowest BCUT2D eigenvalue weighted by atomic mass is 10.0. The van der Waals surface area contributed by atoms with E-state index in [2.05, 4.69) is 21.6 Å². The average Bonchev–Trinajstić information content (AvgIpc) is 3.35. The summed E-state index contributed by atoms with van der Waals surface area (Å²) in [5.74, 6) is -2.92. The first kappa shape index (κ1) is 18.7. The highest BCUT2D eigenvalue weighted by Gasteiger charge is 2.31. The quantitative estimate of drug-likeness (QED) is 0.346. The molecular weight excluding hydrogens is 391 g/mol. The first-order valence-electron chi connectivity index (χ1n) is 8.93. The first-order chi connectivity index (χ1) is 13.5. The number of rotatable bonds is 5. The molecule has 0 aliphatic heterocycles. The van der Waals surface area contributed by atoms with Crippen molar-refractivity contribution in [1.29, 1.82) is 0 Å². The van der Waals surface area contributed by atoms with Gasteiger partial charge < -0.3 is 4.90 Å². The SMILES string of the molecule is C=CCN(c1c(-c2c(F)ccc(F)c2F)c(Cl)nc2ncnn12)C1CCCC1. The minimum Gasteiger partial charge on any atom is -0.349 e. The number of nitrogens with zero attached hydrogens (tertiary/aromatic N) is 5. The normalized spacial score (nSPS) is 14.7. The summed E-state index contributed by atoms with van der Waals surface area (Å²) in [5.41, 5.74) is -0.625. The van der Waals surface area contributed by atoms with Crippen LogP contribution in [0.15, 0.2) is 31.1 Å². The second kappa shape index (κ2) is 7.43. The van der Waals surface area contributed by atoms with Gasteiger partial charge in [0.15, 0.2) is 11.6 Å². The number of fused-ring (bicyclic) bond motifs is 1. The molecule has 0 atom stereocenters. The Kier molecular flexibility index (Phi) is 4.97. The Balaban J connectivity index is 2.07. The predicted molar refractivity (Wildman–Crippen MR) is 101 cm³/mol. The fraction of sp³-hybridized carbons (Fsp3) is 0.316. The van der Waals surface area contributed by atoms with Crippen LogP contribution in [0.4, 0.5) is 19.0 Å². The smallest absolute Gasteiger partial charge is 0.255 e. The van der Waals surface area contributed by atoms with Gasteiger partial charge in [-0.25, -0.2) is 13.2 Å². The van der Waals surface area contributed by atoms with Gasteiger partial charge in [0.1, 0.15) is 23.1 Å². The molecular formula is C19H17ClF3N5. The van der Waals surface area contributed by atoms with Crippen LogP contribution in [0.5, 0.6) is 0 Å². The largest absolute Gasteiger partial charge is 0.349 e. The Labute approximate surface area is 164 Å². The van der Waals surface area contributed by atoms with Crippen LogP contribution in [0.3, 0.4) is 0 Å². The van der Waals surface area contributed by atoms with Gasteiger partial charge in [-0.2, -0.15) is 19.6 Å². The summed E-state index contributed by atoms with van der Waals surface area (Å²) in [7, 11) is 0. The first-order valence-corrected chi connectivity index (χ1v) is 9.31. The summed E-state index contributed by atoms with van der Waals surface area (Å²) in [6.45, 7) is 4.19. The molecule has 5 nitrogen and oxygen atoms in total. The second-order valence-corrected chi connectivity index (χ2v) is 7.03. The molecule has 1 aromatic carbocycles. The van der Waals surface area contributed by atoms with Gasteiger partial charge in [-0.1, -0.05) is 30.5 Å². The highest BCUT2D eigenvalue weighted by Crippen LogP contribution is 2.41. The summed E-state index contributed by atoms with van der Waals surface area (Å²) < 4.78 is 44.7. The van der Waals surface area contributed by atoms with Crippen LogP contribution >= 0.6 is 11.6 Å². The monoisotopic (exact) mass is 407 g/mol. The van der Waals surface area contributed by atoms with Crippen LogP contribution < -0.4 is 4.90 Å². The molecule has 28 heavy (non-hydrogen) atoms. The maximum Gasteiger partial charge on any atom is 0.255 e. The summed E-state index contributed by atoms with van der Waals surface area (Å²) >= 11 is 6.35. The van der Waals surface area contributed by atoms with Crippen LogP contribution in [0, 0.1) is 17.5 Å². The summed E-state index contributed by atoms with van der Waals surface area (Å²) in [6, 6.07) is 1.70. The second-order valence-electron chi connectivity index (χ2n) is 6.67. The van der Waals surface area contributed by atoms with E-state index >= 15 is 0 Å². The Morgan fingerprint density at radius 3 is 2.61 bits per heavy atom. The molecule has 4 rings (SSSR count). The van der Waals surface area contributed by atoms with Crippen molar-refractivity contribution in [3.63, 3.8) is 0 Å². The van der Waals surface area contributed by atoms with Gasteiger partial charge in [0.05, 0.1) is 11.1 Å². The molecule has 0 radical (unpaired) electrons. The number of hydrogen-bond acceptors (Lipinski definition) is 4. The molecule has 0 unspecified atom stereocenters. The Bertz CT molecular complexity index is 1050. The minimum atomic E-state index is -1.32. The van der Waals surface area contributed by atoms with E-state index in [1.54, 1.807) is 6.08 Å². The van der Waals surface area contributed by atoms with E-state index in [0.29, 0.717) is 12.4 Å². The molecule has 0 saturated heterocycles. The summed E-state index contributed by atoms with van der Waals surface area (Å²) in [5, 5.41) is 4.00. The van der Waals surface area contributed by atoms with Crippen molar-refractivity contribution in [2.45, 2.75) is 31.7 Å². The lowest BCUT2D eigenvalue weighted by Crippen LogP contribution is -2.35. The van der Waals surface area contributed by atoms with Crippen molar-refractivity contribution in [3.8, 4) is 11.1 Å². The molecule has 0 N–H and O–H groups in total. The van der Waals surface area contributed by atoms with Gasteiger partial charge in [0, 0.05) is 12.6 Å². The van der Waals surface area contributed by atoms with E-state index < -0.39 is 23.0 Å². The lowest BCUT2D eigenvalue weighted by molar-refractivity contribution is 0.498. The Hall–Kier alpha value is -2.61. The zero-order chi connectivity index (χ0) is 19.8. The molecule has 1 aliphatic carbocycles. The van der Waals surface area contributed by atoms with Crippen LogP contribution in [0.25, 0.3) is 16.9 Å². The maximum atomic E-state index is 14.7. The van der Waals surface area contributed by atoms with Crippen LogP contribution in [0.1, 0.15) is 25.7 Å². The third kappa shape index (κ3) is 3.01. The number of halogens is 4. The van der Waals surface area contributed by atoms with Crippen LogP contribution in [-0.2, 0) is 0 Å². The van der Waals surface area contributed by atoms with Gasteiger partial charge in [-0.3, -0.25) is 0 Å². The molecule has 146 valence electrons. The molecule has 1 saturated carbocycles. The fourth-order valence-electron chi connectivity index (χ4n) is 3.80. The zero-order valence-corrected chi connectivity index (χ0v) is 15.6. The molecule has 3 aromatic rings. The van der Waals surface area contributed by atoms with Gasteiger partial charge in [0.25, 0.3) is 5.78 Å². The highest BCUT2D eigenvalue weighted by molar-refractivity contribution is 6.33. The summed E-state index contributed by atoms with van der Waals surface area (Å²) in [6.07, 6.45) is 6.85. The molecule has 2 heterocycles. The van der Waals surface area contributed by atoms with Gasteiger partial charge in [0.2, 0.25) is 0 Å². The summed E-state index contributed by atoms with van der Waals surface area (Å²) in [4.78, 5) is 10.1. The molecule has 1 aliphatic rings. The van der Waals surface area contributed by atoms with Crippen LogP contribution in [0.2, 0.25) is 5.15 Å². The third-order valence-electron chi connectivity index (χ3n) is 5.02. The third-order valence-corrected chi connectivity index (χ3v) is 5.29. The minimum absolute atomic E-state index is 0.0529. The van der Waals surface area contributed by atoms with E-state index in [1.165, 1.54) is 10.8 Å². The number of aromatic nitrogens is 4. The maximum absolute atomic E-state index is 14.7. The van der Waals surface area contributed by atoms with E-state index in [1.807, 2.05) is 4.90 Å². The Morgan fingerprint density at radius 1 is 1.18 bits per heavy atom. The van der Waals surface area contributed by atoms with Gasteiger partial charge >= 0.3 is 0 Å². The number of benzene rings is 1. The van der Waals surface area contributed by atoms with Crippen molar-refractivity contribution >= 4 is 23.2 Å². The Morgan fingerprint density at radius 2 is 1.89 bits per heavy atom. The molecule has 2 aromatic heterocycles. The van der Waals surface area contributed by atoms with Crippen molar-refractivity contribution < 1.29 is 13.2 Å². The standard InChI is InChI=1S/C19H17ClF3N5/c1-2-9-27(11-5-3-4-6-11)18-15(14-12(21)7-8-13(22)16(14)23)17(20)26-19-24-10-25-28(18)19/h2,7-8,10-11H,1,3-6,9H2. The van der Waals surface area contributed by atoms with Crippen LogP contribution in [-0.4, -0.2) is 32.2 Å². The van der Waals surface area contributed by atoms with E-state index in [-0.39, 0.29) is 22.5 Å². The number of anilines is 1. The molecule has 0 amide bonds. The average molecular weight is 408 g/mol. The van der Waals surface area contributed by atoms with E-state index in [4.69, 9.17) is 11.6 Å². The lowest BCUT2D eigenvalue weighted by Gasteiger charge is -2.32. The van der Waals surface area contributed by atoms with E-state index in [9.17, 15) is 13.2 Å². The fourth-order valence-corrected chi connectivity index (χ4v) is 4.06.